The van der Waals surface area contributed by atoms with Gasteiger partial charge in [-0.25, -0.2) is 4.98 Å². The summed E-state index contributed by atoms with van der Waals surface area (Å²) in [5.41, 5.74) is 2.58. The van der Waals surface area contributed by atoms with E-state index in [4.69, 9.17) is 9.57 Å². The van der Waals surface area contributed by atoms with Gasteiger partial charge in [0.1, 0.15) is 5.75 Å². The predicted molar refractivity (Wildman–Crippen MR) is 92.3 cm³/mol. The quantitative estimate of drug-likeness (QED) is 0.874. The van der Waals surface area contributed by atoms with E-state index in [-0.39, 0.29) is 5.91 Å². The van der Waals surface area contributed by atoms with Gasteiger partial charge < -0.3 is 14.9 Å². The van der Waals surface area contributed by atoms with E-state index in [0.29, 0.717) is 24.6 Å². The van der Waals surface area contributed by atoms with Gasteiger partial charge in [0.25, 0.3) is 5.91 Å². The van der Waals surface area contributed by atoms with Gasteiger partial charge in [0, 0.05) is 30.4 Å². The van der Waals surface area contributed by atoms with Crippen LogP contribution in [0.25, 0.3) is 0 Å². The van der Waals surface area contributed by atoms with Crippen molar-refractivity contribution < 1.29 is 14.4 Å². The average Bonchev–Trinajstić information content (AvgIpc) is 3.12. The van der Waals surface area contributed by atoms with Gasteiger partial charge in [-0.15, -0.1) is 0 Å². The Balaban J connectivity index is 1.61. The maximum atomic E-state index is 12.2. The number of nitrogens with zero attached hydrogens (tertiary/aromatic N) is 3. The first-order valence-corrected chi connectivity index (χ1v) is 8.19. The molecular formula is C18H20N4O3. The molecule has 3 heterocycles. The van der Waals surface area contributed by atoms with Crippen molar-refractivity contribution in [3.63, 3.8) is 0 Å². The molecule has 7 heteroatoms. The summed E-state index contributed by atoms with van der Waals surface area (Å²) < 4.78 is 5.78. The summed E-state index contributed by atoms with van der Waals surface area (Å²) >= 11 is 0. The van der Waals surface area contributed by atoms with Crippen LogP contribution in [-0.4, -0.2) is 27.7 Å². The molecule has 0 bridgehead atoms. The summed E-state index contributed by atoms with van der Waals surface area (Å²) in [6.45, 7) is 4.19. The smallest absolute Gasteiger partial charge is 0.264 e. The van der Waals surface area contributed by atoms with E-state index in [2.05, 4.69) is 20.4 Å². The van der Waals surface area contributed by atoms with Crippen LogP contribution < -0.4 is 10.1 Å². The van der Waals surface area contributed by atoms with Gasteiger partial charge in [0.15, 0.2) is 0 Å². The molecule has 2 aromatic heterocycles. The van der Waals surface area contributed by atoms with Crippen molar-refractivity contribution in [1.82, 2.24) is 15.3 Å². The number of oxime groups is 1. The van der Waals surface area contributed by atoms with Gasteiger partial charge in [-0.1, -0.05) is 18.1 Å². The number of nitrogens with one attached hydrogen (secondary N) is 1. The van der Waals surface area contributed by atoms with Crippen LogP contribution in [-0.2, 0) is 16.2 Å². The molecule has 0 saturated heterocycles. The Labute approximate surface area is 146 Å². The van der Waals surface area contributed by atoms with Gasteiger partial charge >= 0.3 is 0 Å². The third kappa shape index (κ3) is 4.32. The Morgan fingerprint density at radius 1 is 1.36 bits per heavy atom. The van der Waals surface area contributed by atoms with E-state index in [0.717, 1.165) is 23.4 Å². The highest BCUT2D eigenvalue weighted by Crippen LogP contribution is 2.22. The lowest BCUT2D eigenvalue weighted by Gasteiger charge is -2.12. The standard InChI is InChI=1S/C18H20N4O3/c1-3-14-9-16(25-22-14)17(23)21-10-13-5-4-8-19-18(13)24-15-7-6-12(2)20-11-15/h4-8,11,16H,3,9-10H2,1-2H3,(H,21,23)/t16-/m0/s1. The summed E-state index contributed by atoms with van der Waals surface area (Å²) in [7, 11) is 0. The molecule has 0 spiro atoms. The molecule has 1 aliphatic rings. The first kappa shape index (κ1) is 16.9. The summed E-state index contributed by atoms with van der Waals surface area (Å²) in [6, 6.07) is 7.34. The monoisotopic (exact) mass is 340 g/mol. The van der Waals surface area contributed by atoms with Crippen LogP contribution in [0.4, 0.5) is 0 Å². The van der Waals surface area contributed by atoms with Crippen molar-refractivity contribution in [2.75, 3.05) is 0 Å². The highest BCUT2D eigenvalue weighted by atomic mass is 16.6. The maximum absolute atomic E-state index is 12.2. The molecule has 0 radical (unpaired) electrons. The molecular weight excluding hydrogens is 320 g/mol. The molecule has 1 N–H and O–H groups in total. The van der Waals surface area contributed by atoms with Gasteiger partial charge in [0.2, 0.25) is 12.0 Å². The number of amides is 1. The molecule has 130 valence electrons. The minimum absolute atomic E-state index is 0.195. The van der Waals surface area contributed by atoms with E-state index in [9.17, 15) is 4.79 Å². The van der Waals surface area contributed by atoms with E-state index < -0.39 is 6.10 Å². The molecule has 1 atom stereocenters. The Morgan fingerprint density at radius 3 is 2.96 bits per heavy atom. The number of pyridine rings is 2. The lowest BCUT2D eigenvalue weighted by Crippen LogP contribution is -2.34. The van der Waals surface area contributed by atoms with Crippen LogP contribution in [0.15, 0.2) is 41.8 Å². The number of hydrogen-bond donors (Lipinski definition) is 1. The third-order valence-corrected chi connectivity index (χ3v) is 3.83. The van der Waals surface area contributed by atoms with Gasteiger partial charge in [-0.2, -0.15) is 0 Å². The fourth-order valence-electron chi connectivity index (χ4n) is 2.35. The summed E-state index contributed by atoms with van der Waals surface area (Å²) in [5.74, 6) is 0.835. The second-order valence-electron chi connectivity index (χ2n) is 5.73. The largest absolute Gasteiger partial charge is 0.437 e. The molecule has 1 amide bonds. The van der Waals surface area contributed by atoms with Crippen LogP contribution >= 0.6 is 0 Å². The molecule has 2 aromatic rings. The lowest BCUT2D eigenvalue weighted by molar-refractivity contribution is -0.131. The normalized spacial score (nSPS) is 16.1. The first-order valence-electron chi connectivity index (χ1n) is 8.19. The highest BCUT2D eigenvalue weighted by Gasteiger charge is 2.27. The van der Waals surface area contributed by atoms with Crippen LogP contribution in [0.2, 0.25) is 0 Å². The number of carbonyl (C=O) groups is 1. The fraction of sp³-hybridized carbons (Fsp3) is 0.333. The highest BCUT2D eigenvalue weighted by molar-refractivity contribution is 5.92. The zero-order valence-corrected chi connectivity index (χ0v) is 14.2. The fourth-order valence-corrected chi connectivity index (χ4v) is 2.35. The topological polar surface area (TPSA) is 85.7 Å². The van der Waals surface area contributed by atoms with Gasteiger partial charge in [0.05, 0.1) is 11.9 Å². The molecule has 25 heavy (non-hydrogen) atoms. The molecule has 3 rings (SSSR count). The molecule has 0 saturated carbocycles. The number of rotatable bonds is 6. The maximum Gasteiger partial charge on any atom is 0.264 e. The molecule has 1 aliphatic heterocycles. The zero-order chi connectivity index (χ0) is 17.6. The van der Waals surface area contributed by atoms with E-state index >= 15 is 0 Å². The predicted octanol–water partition coefficient (Wildman–Crippen LogP) is 2.75. The lowest BCUT2D eigenvalue weighted by atomic mass is 10.1. The van der Waals surface area contributed by atoms with Crippen LogP contribution in [0.3, 0.4) is 0 Å². The van der Waals surface area contributed by atoms with Crippen molar-refractivity contribution in [2.45, 2.75) is 39.3 Å². The number of aromatic nitrogens is 2. The SMILES string of the molecule is CCC1=NO[C@H](C(=O)NCc2cccnc2Oc2ccc(C)nc2)C1. The first-order chi connectivity index (χ1) is 12.2. The minimum atomic E-state index is -0.558. The zero-order valence-electron chi connectivity index (χ0n) is 14.2. The van der Waals surface area contributed by atoms with Crippen LogP contribution in [0, 0.1) is 6.92 Å². The van der Waals surface area contributed by atoms with E-state index in [1.807, 2.05) is 32.0 Å². The van der Waals surface area contributed by atoms with Crippen molar-refractivity contribution in [2.24, 2.45) is 5.16 Å². The van der Waals surface area contributed by atoms with Crippen molar-refractivity contribution in [3.8, 4) is 11.6 Å². The Morgan fingerprint density at radius 2 is 2.24 bits per heavy atom. The van der Waals surface area contributed by atoms with Crippen LogP contribution in [0.1, 0.15) is 31.0 Å². The van der Waals surface area contributed by atoms with Crippen LogP contribution in [0.5, 0.6) is 11.6 Å². The summed E-state index contributed by atoms with van der Waals surface area (Å²) in [5, 5.41) is 6.75. The number of carbonyl (C=O) groups excluding carboxylic acids is 1. The second-order valence-corrected chi connectivity index (χ2v) is 5.73. The molecule has 0 aromatic carbocycles. The Hall–Kier alpha value is -2.96. The van der Waals surface area contributed by atoms with Crippen molar-refractivity contribution >= 4 is 11.6 Å². The van der Waals surface area contributed by atoms with Crippen molar-refractivity contribution in [3.05, 3.63) is 47.9 Å². The Bertz CT molecular complexity index is 774. The third-order valence-electron chi connectivity index (χ3n) is 3.83. The average molecular weight is 340 g/mol. The molecule has 0 unspecified atom stereocenters. The Kier molecular flexibility index (Phi) is 5.23. The van der Waals surface area contributed by atoms with E-state index in [1.165, 1.54) is 0 Å². The summed E-state index contributed by atoms with van der Waals surface area (Å²) in [6.07, 6.45) is 4.05. The number of ether oxygens (including phenoxy) is 1. The summed E-state index contributed by atoms with van der Waals surface area (Å²) in [4.78, 5) is 25.8. The van der Waals surface area contributed by atoms with Gasteiger partial charge in [-0.05, 0) is 31.5 Å². The van der Waals surface area contributed by atoms with Crippen molar-refractivity contribution in [1.29, 1.82) is 0 Å². The van der Waals surface area contributed by atoms with E-state index in [1.54, 1.807) is 18.5 Å². The number of hydrogen-bond acceptors (Lipinski definition) is 6. The minimum Gasteiger partial charge on any atom is -0.437 e. The molecule has 7 nitrogen and oxygen atoms in total. The number of aryl methyl sites for hydroxylation is 1. The molecule has 0 fully saturated rings. The van der Waals surface area contributed by atoms with Gasteiger partial charge in [-0.3, -0.25) is 9.78 Å². The molecule has 0 aliphatic carbocycles. The second kappa shape index (κ2) is 7.74.